The van der Waals surface area contributed by atoms with E-state index in [0.717, 1.165) is 32.7 Å². The van der Waals surface area contributed by atoms with E-state index in [-0.39, 0.29) is 5.54 Å². The molecule has 2 aliphatic rings. The van der Waals surface area contributed by atoms with Gasteiger partial charge >= 0.3 is 0 Å². The zero-order chi connectivity index (χ0) is 13.2. The predicted molar refractivity (Wildman–Crippen MR) is 72.5 cm³/mol. The normalized spacial score (nSPS) is 37.7. The lowest BCUT2D eigenvalue weighted by Crippen LogP contribution is -2.61. The standard InChI is InChI=1S/C14H28N2O2/c1-11-4-6-16(8-13(11)17-3)14(2,10-15)12-5-7-18-9-12/h11-13H,4-10,15H2,1-3H3. The molecule has 0 spiro atoms. The molecule has 2 rings (SSSR count). The Hall–Kier alpha value is -0.160. The average molecular weight is 256 g/mol. The molecule has 2 aliphatic heterocycles. The molecular formula is C14H28N2O2. The Morgan fingerprint density at radius 2 is 2.22 bits per heavy atom. The monoisotopic (exact) mass is 256 g/mol. The highest BCUT2D eigenvalue weighted by molar-refractivity contribution is 4.98. The summed E-state index contributed by atoms with van der Waals surface area (Å²) in [7, 11) is 1.82. The number of rotatable bonds is 4. The van der Waals surface area contributed by atoms with Crippen LogP contribution in [0.3, 0.4) is 0 Å². The Labute approximate surface area is 111 Å². The van der Waals surface area contributed by atoms with Gasteiger partial charge in [-0.2, -0.15) is 0 Å². The first-order chi connectivity index (χ1) is 8.61. The Balaban J connectivity index is 2.07. The van der Waals surface area contributed by atoms with E-state index in [2.05, 4.69) is 18.7 Å². The number of nitrogens with zero attached hydrogens (tertiary/aromatic N) is 1. The predicted octanol–water partition coefficient (Wildman–Crippen LogP) is 1.10. The number of hydrogen-bond donors (Lipinski definition) is 1. The van der Waals surface area contributed by atoms with Gasteiger partial charge in [-0.05, 0) is 32.2 Å². The minimum absolute atomic E-state index is 0.0629. The summed E-state index contributed by atoms with van der Waals surface area (Å²) in [4.78, 5) is 2.54. The van der Waals surface area contributed by atoms with E-state index in [9.17, 15) is 0 Å². The number of piperidine rings is 1. The van der Waals surface area contributed by atoms with E-state index in [1.165, 1.54) is 6.42 Å². The van der Waals surface area contributed by atoms with Gasteiger partial charge in [0.25, 0.3) is 0 Å². The lowest BCUT2D eigenvalue weighted by molar-refractivity contribution is -0.0570. The van der Waals surface area contributed by atoms with Crippen LogP contribution in [0.5, 0.6) is 0 Å². The van der Waals surface area contributed by atoms with Crippen molar-refractivity contribution in [1.29, 1.82) is 0 Å². The fourth-order valence-electron chi connectivity index (χ4n) is 3.38. The smallest absolute Gasteiger partial charge is 0.0724 e. The molecule has 0 radical (unpaired) electrons. The van der Waals surface area contributed by atoms with Crippen molar-refractivity contribution in [2.45, 2.75) is 38.3 Å². The molecule has 0 saturated carbocycles. The fourth-order valence-corrected chi connectivity index (χ4v) is 3.38. The first-order valence-electron chi connectivity index (χ1n) is 7.17. The Morgan fingerprint density at radius 1 is 1.44 bits per heavy atom. The highest BCUT2D eigenvalue weighted by Gasteiger charge is 2.43. The molecule has 4 unspecified atom stereocenters. The van der Waals surface area contributed by atoms with Crippen molar-refractivity contribution in [3.8, 4) is 0 Å². The van der Waals surface area contributed by atoms with Crippen LogP contribution in [0.25, 0.3) is 0 Å². The van der Waals surface area contributed by atoms with Gasteiger partial charge in [0.15, 0.2) is 0 Å². The van der Waals surface area contributed by atoms with Crippen LogP contribution in [0, 0.1) is 11.8 Å². The summed E-state index contributed by atoms with van der Waals surface area (Å²) in [6, 6.07) is 0. The first-order valence-corrected chi connectivity index (χ1v) is 7.17. The van der Waals surface area contributed by atoms with Crippen molar-refractivity contribution in [2.75, 3.05) is 40.0 Å². The lowest BCUT2D eigenvalue weighted by Gasteiger charge is -2.49. The van der Waals surface area contributed by atoms with Gasteiger partial charge < -0.3 is 15.2 Å². The van der Waals surface area contributed by atoms with E-state index >= 15 is 0 Å². The second kappa shape index (κ2) is 5.87. The summed E-state index contributed by atoms with van der Waals surface area (Å²) in [5, 5.41) is 0. The van der Waals surface area contributed by atoms with E-state index in [4.69, 9.17) is 15.2 Å². The zero-order valence-electron chi connectivity index (χ0n) is 12.0. The molecule has 18 heavy (non-hydrogen) atoms. The van der Waals surface area contributed by atoms with Gasteiger partial charge in [0.2, 0.25) is 0 Å². The molecule has 0 aromatic rings. The number of ether oxygens (including phenoxy) is 2. The lowest BCUT2D eigenvalue weighted by atomic mass is 9.80. The minimum Gasteiger partial charge on any atom is -0.381 e. The van der Waals surface area contributed by atoms with Crippen molar-refractivity contribution in [3.63, 3.8) is 0 Å². The first kappa shape index (κ1) is 14.3. The third-order valence-electron chi connectivity index (χ3n) is 5.14. The second-order valence-electron chi connectivity index (χ2n) is 6.11. The zero-order valence-corrected chi connectivity index (χ0v) is 12.0. The molecular weight excluding hydrogens is 228 g/mol. The van der Waals surface area contributed by atoms with Crippen LogP contribution in [0.1, 0.15) is 26.7 Å². The second-order valence-corrected chi connectivity index (χ2v) is 6.11. The van der Waals surface area contributed by atoms with Crippen LogP contribution in [0.2, 0.25) is 0 Å². The van der Waals surface area contributed by atoms with Crippen molar-refractivity contribution in [2.24, 2.45) is 17.6 Å². The van der Waals surface area contributed by atoms with Crippen LogP contribution >= 0.6 is 0 Å². The molecule has 4 nitrogen and oxygen atoms in total. The fraction of sp³-hybridized carbons (Fsp3) is 1.00. The number of methoxy groups -OCH3 is 1. The highest BCUT2D eigenvalue weighted by atomic mass is 16.5. The topological polar surface area (TPSA) is 47.7 Å². The Morgan fingerprint density at radius 3 is 2.78 bits per heavy atom. The highest BCUT2D eigenvalue weighted by Crippen LogP contribution is 2.34. The van der Waals surface area contributed by atoms with Gasteiger partial charge in [-0.25, -0.2) is 0 Å². The molecule has 2 N–H and O–H groups in total. The molecule has 106 valence electrons. The van der Waals surface area contributed by atoms with Crippen molar-refractivity contribution >= 4 is 0 Å². The maximum Gasteiger partial charge on any atom is 0.0724 e. The number of nitrogens with two attached hydrogens (primary N) is 1. The summed E-state index contributed by atoms with van der Waals surface area (Å²) in [5.74, 6) is 1.21. The van der Waals surface area contributed by atoms with Gasteiger partial charge in [-0.3, -0.25) is 4.90 Å². The van der Waals surface area contributed by atoms with Gasteiger partial charge in [0.1, 0.15) is 0 Å². The Kier molecular flexibility index (Phi) is 4.64. The van der Waals surface area contributed by atoms with Gasteiger partial charge in [0, 0.05) is 38.3 Å². The number of likely N-dealkylation sites (tertiary alicyclic amines) is 1. The summed E-state index contributed by atoms with van der Waals surface area (Å²) >= 11 is 0. The summed E-state index contributed by atoms with van der Waals surface area (Å²) in [6.07, 6.45) is 2.67. The van der Waals surface area contributed by atoms with Gasteiger partial charge in [-0.1, -0.05) is 6.92 Å². The molecule has 0 amide bonds. The van der Waals surface area contributed by atoms with Gasteiger partial charge in [-0.15, -0.1) is 0 Å². The number of hydrogen-bond acceptors (Lipinski definition) is 4. The van der Waals surface area contributed by atoms with Crippen molar-refractivity contribution in [1.82, 2.24) is 4.90 Å². The maximum atomic E-state index is 6.10. The van der Waals surface area contributed by atoms with Crippen molar-refractivity contribution in [3.05, 3.63) is 0 Å². The molecule has 4 atom stereocenters. The van der Waals surface area contributed by atoms with E-state index in [1.54, 1.807) is 0 Å². The average Bonchev–Trinajstić information content (AvgIpc) is 2.92. The molecule has 0 aromatic carbocycles. The Bertz CT molecular complexity index is 269. The van der Waals surface area contributed by atoms with Crippen LogP contribution in [-0.2, 0) is 9.47 Å². The molecule has 0 bridgehead atoms. The van der Waals surface area contributed by atoms with Crippen LogP contribution in [-0.4, -0.2) is 56.5 Å². The quantitative estimate of drug-likeness (QED) is 0.818. The van der Waals surface area contributed by atoms with Crippen molar-refractivity contribution < 1.29 is 9.47 Å². The molecule has 0 aromatic heterocycles. The van der Waals surface area contributed by atoms with Crippen LogP contribution < -0.4 is 5.73 Å². The third kappa shape index (κ3) is 2.57. The SMILES string of the molecule is COC1CN(C(C)(CN)C2CCOC2)CCC1C. The van der Waals surface area contributed by atoms with Crippen LogP contribution in [0.15, 0.2) is 0 Å². The van der Waals surface area contributed by atoms with E-state index < -0.39 is 0 Å². The third-order valence-corrected chi connectivity index (χ3v) is 5.14. The van der Waals surface area contributed by atoms with Crippen LogP contribution in [0.4, 0.5) is 0 Å². The largest absolute Gasteiger partial charge is 0.381 e. The molecule has 2 fully saturated rings. The molecule has 4 heteroatoms. The summed E-state index contributed by atoms with van der Waals surface area (Å²) in [5.41, 5.74) is 6.16. The molecule has 2 heterocycles. The van der Waals surface area contributed by atoms with Gasteiger partial charge in [0.05, 0.1) is 12.7 Å². The molecule has 0 aliphatic carbocycles. The maximum absolute atomic E-state index is 6.10. The molecule has 2 saturated heterocycles. The minimum atomic E-state index is 0.0629. The summed E-state index contributed by atoms with van der Waals surface area (Å²) < 4.78 is 11.2. The van der Waals surface area contributed by atoms with E-state index in [1.807, 2.05) is 7.11 Å². The van der Waals surface area contributed by atoms with E-state index in [0.29, 0.717) is 24.5 Å². The summed E-state index contributed by atoms with van der Waals surface area (Å²) in [6.45, 7) is 9.16.